The van der Waals surface area contributed by atoms with E-state index in [0.29, 0.717) is 11.4 Å². The van der Waals surface area contributed by atoms with E-state index in [1.54, 1.807) is 33.0 Å². The van der Waals surface area contributed by atoms with E-state index < -0.39 is 13.3 Å². The van der Waals surface area contributed by atoms with Crippen LogP contribution in [0.4, 0.5) is 5.82 Å². The summed E-state index contributed by atoms with van der Waals surface area (Å²) in [5, 5.41) is 9.94. The minimum atomic E-state index is -3.57. The molecule has 26 heavy (non-hydrogen) atoms. The lowest BCUT2D eigenvalue weighted by atomic mass is 10.2. The first-order chi connectivity index (χ1) is 12.2. The van der Waals surface area contributed by atoms with Crippen molar-refractivity contribution in [2.24, 2.45) is 0 Å². The van der Waals surface area contributed by atoms with Crippen LogP contribution in [0.1, 0.15) is 30.5 Å². The second kappa shape index (κ2) is 7.98. The first-order valence-electron chi connectivity index (χ1n) is 8.21. The van der Waals surface area contributed by atoms with Gasteiger partial charge in [-0.2, -0.15) is 4.62 Å². The van der Waals surface area contributed by atoms with E-state index in [1.807, 2.05) is 19.9 Å². The molecule has 2 aromatic rings. The van der Waals surface area contributed by atoms with Crippen molar-refractivity contribution in [3.8, 4) is 17.2 Å². The summed E-state index contributed by atoms with van der Waals surface area (Å²) in [5.41, 5.74) is 4.72. The maximum absolute atomic E-state index is 13.2. The monoisotopic (exact) mass is 380 g/mol. The molecular formula is C18H25N2O5P. The first-order valence-corrected chi connectivity index (χ1v) is 9.83. The smallest absolute Gasteiger partial charge is 0.402 e. The molecule has 2 rings (SSSR count). The highest BCUT2D eigenvalue weighted by Gasteiger charge is 2.33. The number of aromatic nitrogens is 1. The summed E-state index contributed by atoms with van der Waals surface area (Å²) in [5.74, 6) is 1.01. The van der Waals surface area contributed by atoms with Crippen LogP contribution in [-0.2, 0) is 9.19 Å². The number of methoxy groups -OCH3 is 1. The number of nitrogens with zero attached hydrogens (tertiary/aromatic N) is 1. The van der Waals surface area contributed by atoms with Crippen LogP contribution in [0.2, 0.25) is 0 Å². The van der Waals surface area contributed by atoms with E-state index in [-0.39, 0.29) is 17.2 Å². The van der Waals surface area contributed by atoms with Gasteiger partial charge in [-0.15, -0.1) is 0 Å². The minimum absolute atomic E-state index is 0.0119. The average Bonchev–Trinajstić information content (AvgIpc) is 2.59. The predicted molar refractivity (Wildman–Crippen MR) is 101 cm³/mol. The standard InChI is InChI=1S/C18H25N2O5P/c1-11(2)26(22,25-20-18-14(5)12(3)7-8-19-18)24-15-9-13(4)17(21)16(10-15)23-6/h7-11,21H,1-6H3,(H,19,20). The number of hydrogen-bond donors (Lipinski definition) is 2. The summed E-state index contributed by atoms with van der Waals surface area (Å²) in [6, 6.07) is 4.92. The topological polar surface area (TPSA) is 89.9 Å². The number of phenols is 1. The van der Waals surface area contributed by atoms with Gasteiger partial charge in [0.1, 0.15) is 5.75 Å². The molecular weight excluding hydrogens is 355 g/mol. The van der Waals surface area contributed by atoms with E-state index in [2.05, 4.69) is 10.5 Å². The highest BCUT2D eigenvalue weighted by Crippen LogP contribution is 2.53. The predicted octanol–water partition coefficient (Wildman–Crippen LogP) is 4.75. The van der Waals surface area contributed by atoms with Crippen LogP contribution in [0.3, 0.4) is 0 Å². The number of rotatable bonds is 7. The van der Waals surface area contributed by atoms with Crippen LogP contribution in [-0.4, -0.2) is 22.9 Å². The fourth-order valence-corrected chi connectivity index (χ4v) is 3.21. The van der Waals surface area contributed by atoms with Gasteiger partial charge >= 0.3 is 7.60 Å². The number of nitrogens with one attached hydrogen (secondary N) is 1. The molecule has 0 saturated carbocycles. The highest BCUT2D eigenvalue weighted by atomic mass is 31.2. The first kappa shape index (κ1) is 20.1. The van der Waals surface area contributed by atoms with E-state index in [1.165, 1.54) is 13.2 Å². The Balaban J connectivity index is 2.26. The number of ether oxygens (including phenoxy) is 1. The van der Waals surface area contributed by atoms with Crippen molar-refractivity contribution in [1.29, 1.82) is 0 Å². The molecule has 1 unspecified atom stereocenters. The summed E-state index contributed by atoms with van der Waals surface area (Å²) >= 11 is 0. The molecule has 1 atom stereocenters. The van der Waals surface area contributed by atoms with Crippen molar-refractivity contribution in [2.45, 2.75) is 40.3 Å². The SMILES string of the molecule is COc1cc(OP(=O)(ONc2nccc(C)c2C)C(C)C)cc(C)c1O. The van der Waals surface area contributed by atoms with Crippen LogP contribution >= 0.6 is 7.60 Å². The van der Waals surface area contributed by atoms with Gasteiger partial charge in [0.25, 0.3) is 0 Å². The van der Waals surface area contributed by atoms with Crippen molar-refractivity contribution in [3.05, 3.63) is 41.1 Å². The van der Waals surface area contributed by atoms with Crippen molar-refractivity contribution >= 4 is 13.4 Å². The largest absolute Gasteiger partial charge is 0.504 e. The Morgan fingerprint density at radius 3 is 2.50 bits per heavy atom. The van der Waals surface area contributed by atoms with Gasteiger partial charge in [0.15, 0.2) is 17.3 Å². The van der Waals surface area contributed by atoms with E-state index in [9.17, 15) is 9.67 Å². The molecule has 0 saturated heterocycles. The van der Waals surface area contributed by atoms with E-state index in [4.69, 9.17) is 13.9 Å². The Bertz CT molecular complexity index is 839. The molecule has 0 fully saturated rings. The molecule has 142 valence electrons. The zero-order chi connectivity index (χ0) is 19.5. The van der Waals surface area contributed by atoms with E-state index >= 15 is 0 Å². The summed E-state index contributed by atoms with van der Waals surface area (Å²) < 4.78 is 29.5. The fourth-order valence-electron chi connectivity index (χ4n) is 2.14. The lowest BCUT2D eigenvalue weighted by Crippen LogP contribution is -2.13. The minimum Gasteiger partial charge on any atom is -0.504 e. The zero-order valence-electron chi connectivity index (χ0n) is 15.9. The van der Waals surface area contributed by atoms with Gasteiger partial charge in [-0.3, -0.25) is 0 Å². The average molecular weight is 380 g/mol. The Morgan fingerprint density at radius 1 is 1.19 bits per heavy atom. The van der Waals surface area contributed by atoms with Crippen molar-refractivity contribution in [1.82, 2.24) is 4.98 Å². The zero-order valence-corrected chi connectivity index (χ0v) is 16.8. The molecule has 0 radical (unpaired) electrons. The molecule has 0 aliphatic heterocycles. The summed E-state index contributed by atoms with van der Waals surface area (Å²) in [6.45, 7) is 9.02. The highest BCUT2D eigenvalue weighted by molar-refractivity contribution is 7.55. The third-order valence-electron chi connectivity index (χ3n) is 4.07. The normalized spacial score (nSPS) is 13.3. The number of hydrogen-bond acceptors (Lipinski definition) is 7. The molecule has 0 aliphatic rings. The van der Waals surface area contributed by atoms with Gasteiger partial charge in [0.2, 0.25) is 0 Å². The number of anilines is 1. The van der Waals surface area contributed by atoms with E-state index in [0.717, 1.165) is 11.1 Å². The fraction of sp³-hybridized carbons (Fsp3) is 0.389. The number of benzene rings is 1. The van der Waals surface area contributed by atoms with Gasteiger partial charge in [0.05, 0.1) is 12.8 Å². The second-order valence-corrected chi connectivity index (χ2v) is 8.79. The maximum Gasteiger partial charge on any atom is 0.402 e. The summed E-state index contributed by atoms with van der Waals surface area (Å²) in [4.78, 5) is 4.20. The maximum atomic E-state index is 13.2. The molecule has 2 N–H and O–H groups in total. The Kier molecular flexibility index (Phi) is 6.16. The number of phenolic OH excluding ortho intramolecular Hbond substituents is 1. The Hall–Kier alpha value is -2.24. The van der Waals surface area contributed by atoms with Gasteiger partial charge in [0, 0.05) is 12.3 Å². The third kappa shape index (κ3) is 4.29. The van der Waals surface area contributed by atoms with Crippen molar-refractivity contribution in [3.63, 3.8) is 0 Å². The summed E-state index contributed by atoms with van der Waals surface area (Å²) in [6.07, 6.45) is 1.64. The van der Waals surface area contributed by atoms with Gasteiger partial charge in [-0.1, -0.05) is 13.8 Å². The third-order valence-corrected chi connectivity index (χ3v) is 6.14. The molecule has 0 spiro atoms. The van der Waals surface area contributed by atoms with Crippen LogP contribution in [0.5, 0.6) is 17.2 Å². The molecule has 1 aromatic carbocycles. The molecule has 0 amide bonds. The number of aromatic hydroxyl groups is 1. The summed E-state index contributed by atoms with van der Waals surface area (Å²) in [7, 11) is -2.13. The number of aryl methyl sites for hydroxylation is 2. The van der Waals surface area contributed by atoms with Gasteiger partial charge in [-0.25, -0.2) is 15.0 Å². The van der Waals surface area contributed by atoms with Crippen molar-refractivity contribution in [2.75, 3.05) is 12.6 Å². The Morgan fingerprint density at radius 2 is 1.88 bits per heavy atom. The van der Waals surface area contributed by atoms with Crippen LogP contribution in [0.25, 0.3) is 0 Å². The van der Waals surface area contributed by atoms with Gasteiger partial charge in [-0.05, 0) is 49.6 Å². The molecule has 7 nitrogen and oxygen atoms in total. The molecule has 1 aromatic heterocycles. The quantitative estimate of drug-likeness (QED) is 0.529. The number of pyridine rings is 1. The van der Waals surface area contributed by atoms with Crippen molar-refractivity contribution < 1.29 is 23.6 Å². The molecule has 0 bridgehead atoms. The lowest BCUT2D eigenvalue weighted by Gasteiger charge is -2.23. The van der Waals surface area contributed by atoms with Gasteiger partial charge < -0.3 is 14.4 Å². The van der Waals surface area contributed by atoms with Crippen LogP contribution < -0.4 is 14.7 Å². The molecule has 8 heteroatoms. The Labute approximate surface area is 153 Å². The molecule has 0 aliphatic carbocycles. The lowest BCUT2D eigenvalue weighted by molar-refractivity contribution is 0.307. The second-order valence-electron chi connectivity index (χ2n) is 6.31. The molecule has 1 heterocycles. The van der Waals surface area contributed by atoms with Crippen LogP contribution in [0.15, 0.2) is 24.4 Å². The van der Waals surface area contributed by atoms with Crippen LogP contribution in [0, 0.1) is 20.8 Å².